The van der Waals surface area contributed by atoms with Crippen LogP contribution in [-0.4, -0.2) is 45.4 Å². The lowest BCUT2D eigenvalue weighted by molar-refractivity contribution is 0.205. The van der Waals surface area contributed by atoms with Crippen molar-refractivity contribution in [3.05, 3.63) is 12.1 Å². The molecule has 1 aliphatic rings. The Morgan fingerprint density at radius 1 is 1.30 bits per heavy atom. The van der Waals surface area contributed by atoms with Crippen LogP contribution in [0.2, 0.25) is 0 Å². The van der Waals surface area contributed by atoms with E-state index in [9.17, 15) is 0 Å². The summed E-state index contributed by atoms with van der Waals surface area (Å²) in [7, 11) is 3.63. The lowest BCUT2D eigenvalue weighted by Gasteiger charge is -2.29. The summed E-state index contributed by atoms with van der Waals surface area (Å²) in [5, 5.41) is 0. The molecule has 0 unspecified atom stereocenters. The highest BCUT2D eigenvalue weighted by Crippen LogP contribution is 2.32. The Morgan fingerprint density at radius 2 is 2.04 bits per heavy atom. The number of methoxy groups -OCH3 is 1. The van der Waals surface area contributed by atoms with Gasteiger partial charge in [-0.05, 0) is 25.3 Å². The molecule has 0 aliphatic carbocycles. The van der Waals surface area contributed by atoms with E-state index in [1.54, 1.807) is 7.11 Å². The zero-order valence-electron chi connectivity index (χ0n) is 13.7. The summed E-state index contributed by atoms with van der Waals surface area (Å²) in [6, 6.07) is 4.54. The summed E-state index contributed by atoms with van der Waals surface area (Å²) in [6.07, 6.45) is 3.75. The van der Waals surface area contributed by atoms with Crippen molar-refractivity contribution in [2.45, 2.75) is 19.3 Å². The molecule has 2 heterocycles. The number of likely N-dealkylation sites (N-methyl/N-ethyl adjacent to an activating group) is 1. The Bertz CT molecular complexity index is 640. The minimum atomic E-state index is 0. The van der Waals surface area contributed by atoms with Gasteiger partial charge in [-0.25, -0.2) is 0 Å². The van der Waals surface area contributed by atoms with Gasteiger partial charge in [0.25, 0.3) is 6.01 Å². The maximum atomic E-state index is 6.22. The molecule has 1 saturated heterocycles. The first-order valence-electron chi connectivity index (χ1n) is 7.84. The molecular weight excluding hydrogens is 316 g/mol. The van der Waals surface area contributed by atoms with Gasteiger partial charge in [0.15, 0.2) is 5.58 Å². The minimum Gasteiger partial charge on any atom is -0.423 e. The molecule has 0 bridgehead atoms. The maximum Gasteiger partial charge on any atom is 0.298 e. The predicted molar refractivity (Wildman–Crippen MR) is 96.9 cm³/mol. The molecule has 3 rings (SSSR count). The number of ether oxygens (including phenoxy) is 1. The molecule has 2 aromatic rings. The van der Waals surface area contributed by atoms with E-state index in [0.29, 0.717) is 12.6 Å². The summed E-state index contributed by atoms with van der Waals surface area (Å²) < 4.78 is 10.9. The van der Waals surface area contributed by atoms with E-state index in [-0.39, 0.29) is 12.4 Å². The number of nitrogens with zero attached hydrogens (tertiary/aromatic N) is 3. The van der Waals surface area contributed by atoms with E-state index in [1.165, 1.54) is 19.3 Å². The number of hydrogen-bond acceptors (Lipinski definition) is 6. The Kier molecular flexibility index (Phi) is 5.96. The quantitative estimate of drug-likeness (QED) is 0.844. The third-order valence-corrected chi connectivity index (χ3v) is 4.18. The molecule has 1 aromatic heterocycles. The molecule has 128 valence electrons. The van der Waals surface area contributed by atoms with Crippen LogP contribution < -0.4 is 15.5 Å². The summed E-state index contributed by atoms with van der Waals surface area (Å²) in [6.45, 7) is 3.50. The third-order valence-electron chi connectivity index (χ3n) is 4.18. The molecule has 0 radical (unpaired) electrons. The van der Waals surface area contributed by atoms with Gasteiger partial charge in [0.05, 0.1) is 18.0 Å². The first kappa shape index (κ1) is 17.7. The van der Waals surface area contributed by atoms with Crippen molar-refractivity contribution >= 4 is 40.9 Å². The molecule has 0 atom stereocenters. The first-order chi connectivity index (χ1) is 10.7. The van der Waals surface area contributed by atoms with Crippen molar-refractivity contribution < 1.29 is 9.15 Å². The van der Waals surface area contributed by atoms with Crippen LogP contribution in [0.25, 0.3) is 11.1 Å². The number of anilines is 3. The molecule has 0 spiro atoms. The lowest BCUT2D eigenvalue weighted by Crippen LogP contribution is -2.29. The smallest absolute Gasteiger partial charge is 0.298 e. The monoisotopic (exact) mass is 340 g/mol. The highest BCUT2D eigenvalue weighted by Gasteiger charge is 2.17. The zero-order valence-corrected chi connectivity index (χ0v) is 14.6. The molecule has 1 aromatic carbocycles. The number of piperidine rings is 1. The predicted octanol–water partition coefficient (Wildman–Crippen LogP) is 2.90. The molecule has 7 heteroatoms. The topological polar surface area (TPSA) is 67.8 Å². The fourth-order valence-electron chi connectivity index (χ4n) is 2.86. The first-order valence-corrected chi connectivity index (χ1v) is 7.84. The molecule has 6 nitrogen and oxygen atoms in total. The molecular formula is C16H25ClN4O2. The highest BCUT2D eigenvalue weighted by molar-refractivity contribution is 5.87. The number of benzene rings is 1. The molecule has 0 saturated carbocycles. The molecule has 1 fully saturated rings. The van der Waals surface area contributed by atoms with E-state index in [0.717, 1.165) is 42.1 Å². The Hall–Kier alpha value is -1.66. The second-order valence-corrected chi connectivity index (χ2v) is 5.84. The third kappa shape index (κ3) is 3.82. The van der Waals surface area contributed by atoms with Crippen LogP contribution >= 0.6 is 12.4 Å². The average Bonchev–Trinajstić information content (AvgIpc) is 2.95. The van der Waals surface area contributed by atoms with Crippen molar-refractivity contribution in [2.75, 3.05) is 55.9 Å². The summed E-state index contributed by atoms with van der Waals surface area (Å²) in [4.78, 5) is 8.88. The normalized spacial score (nSPS) is 14.8. The second-order valence-electron chi connectivity index (χ2n) is 5.84. The minimum absolute atomic E-state index is 0. The van der Waals surface area contributed by atoms with Gasteiger partial charge in [0.2, 0.25) is 0 Å². The van der Waals surface area contributed by atoms with Crippen molar-refractivity contribution in [1.82, 2.24) is 4.98 Å². The standard InChI is InChI=1S/C16H24N4O2.ClH/c1-19(8-9-21-2)16-18-13-11-14(12(17)10-15(13)22-16)20-6-4-3-5-7-20;/h10-11H,3-9,17H2,1-2H3;1H. The van der Waals surface area contributed by atoms with Crippen LogP contribution in [0.15, 0.2) is 16.5 Å². The highest BCUT2D eigenvalue weighted by atomic mass is 35.5. The van der Waals surface area contributed by atoms with Gasteiger partial charge >= 0.3 is 0 Å². The van der Waals surface area contributed by atoms with Crippen LogP contribution in [0.1, 0.15) is 19.3 Å². The Labute approximate surface area is 143 Å². The van der Waals surface area contributed by atoms with E-state index < -0.39 is 0 Å². The van der Waals surface area contributed by atoms with E-state index in [2.05, 4.69) is 9.88 Å². The molecule has 23 heavy (non-hydrogen) atoms. The summed E-state index contributed by atoms with van der Waals surface area (Å²) in [5.41, 5.74) is 9.65. The van der Waals surface area contributed by atoms with E-state index >= 15 is 0 Å². The van der Waals surface area contributed by atoms with E-state index in [1.807, 2.05) is 24.1 Å². The van der Waals surface area contributed by atoms with Crippen molar-refractivity contribution in [2.24, 2.45) is 0 Å². The summed E-state index contributed by atoms with van der Waals surface area (Å²) in [5.74, 6) is 0. The van der Waals surface area contributed by atoms with Crippen LogP contribution in [0.3, 0.4) is 0 Å². The van der Waals surface area contributed by atoms with E-state index in [4.69, 9.17) is 14.9 Å². The van der Waals surface area contributed by atoms with Gasteiger partial charge in [-0.15, -0.1) is 12.4 Å². The van der Waals surface area contributed by atoms with Gasteiger partial charge in [-0.2, -0.15) is 4.98 Å². The van der Waals surface area contributed by atoms with Crippen molar-refractivity contribution in [1.29, 1.82) is 0 Å². The number of fused-ring (bicyclic) bond motifs is 1. The number of hydrogen-bond donors (Lipinski definition) is 1. The average molecular weight is 341 g/mol. The number of rotatable bonds is 5. The Morgan fingerprint density at radius 3 is 2.74 bits per heavy atom. The zero-order chi connectivity index (χ0) is 15.5. The summed E-state index contributed by atoms with van der Waals surface area (Å²) >= 11 is 0. The molecule has 1 aliphatic heterocycles. The van der Waals surface area contributed by atoms with Gasteiger partial charge in [0, 0.05) is 39.9 Å². The molecule has 2 N–H and O–H groups in total. The van der Waals surface area contributed by atoms with Crippen LogP contribution in [-0.2, 0) is 4.74 Å². The van der Waals surface area contributed by atoms with Gasteiger partial charge in [0.1, 0.15) is 5.52 Å². The fraction of sp³-hybridized carbons (Fsp3) is 0.562. The van der Waals surface area contributed by atoms with Crippen LogP contribution in [0.5, 0.6) is 0 Å². The van der Waals surface area contributed by atoms with Crippen LogP contribution in [0.4, 0.5) is 17.4 Å². The largest absolute Gasteiger partial charge is 0.423 e. The van der Waals surface area contributed by atoms with Crippen molar-refractivity contribution in [3.8, 4) is 0 Å². The van der Waals surface area contributed by atoms with Gasteiger partial charge in [-0.1, -0.05) is 0 Å². The number of oxazole rings is 1. The number of nitrogens with two attached hydrogens (primary N) is 1. The van der Waals surface area contributed by atoms with Crippen LogP contribution in [0, 0.1) is 0 Å². The molecule has 0 amide bonds. The second kappa shape index (κ2) is 7.75. The number of halogens is 1. The maximum absolute atomic E-state index is 6.22. The Balaban J connectivity index is 0.00000192. The fourth-order valence-corrected chi connectivity index (χ4v) is 2.86. The number of nitrogen functional groups attached to an aromatic ring is 1. The lowest BCUT2D eigenvalue weighted by atomic mass is 10.1. The number of aromatic nitrogens is 1. The van der Waals surface area contributed by atoms with Gasteiger partial charge < -0.3 is 24.7 Å². The SMILES string of the molecule is COCCN(C)c1nc2cc(N3CCCCC3)c(N)cc2o1.Cl. The van der Waals surface area contributed by atoms with Gasteiger partial charge in [-0.3, -0.25) is 0 Å². The van der Waals surface area contributed by atoms with Crippen molar-refractivity contribution in [3.63, 3.8) is 0 Å².